The highest BCUT2D eigenvalue weighted by molar-refractivity contribution is 7.48. The van der Waals surface area contributed by atoms with E-state index in [-0.39, 0.29) is 11.0 Å². The van der Waals surface area contributed by atoms with Gasteiger partial charge in [-0.1, -0.05) is 121 Å². The van der Waals surface area contributed by atoms with Crippen LogP contribution in [0.1, 0.15) is 79.3 Å². The number of halogens is 1. The topological polar surface area (TPSA) is 32.3 Å². The summed E-state index contributed by atoms with van der Waals surface area (Å²) < 4.78 is 14.3. The molecule has 0 aromatic heterocycles. The molecule has 0 fully saturated rings. The molecule has 2 N–H and O–H groups in total. The molecule has 2 unspecified atom stereocenters. The van der Waals surface area contributed by atoms with E-state index >= 15 is 0 Å². The van der Waals surface area contributed by atoms with Gasteiger partial charge in [0.25, 0.3) is 0 Å². The van der Waals surface area contributed by atoms with Gasteiger partial charge in [-0.2, -0.15) is 0 Å². The number of nitrogens with one attached hydrogen (secondary N) is 1. The first-order valence-electron chi connectivity index (χ1n) is 14.6. The highest BCUT2D eigenvalue weighted by Gasteiger charge is 2.35. The second-order valence-corrected chi connectivity index (χ2v) is 12.6. The van der Waals surface area contributed by atoms with Crippen LogP contribution in [0.15, 0.2) is 91.0 Å². The predicted octanol–water partition coefficient (Wildman–Crippen LogP) is 8.62. The molecule has 4 rings (SSSR count). The van der Waals surface area contributed by atoms with Crippen molar-refractivity contribution in [3.63, 3.8) is 0 Å². The number of benzene rings is 4. The minimum absolute atomic E-state index is 0.204. The molecule has 0 heterocycles. The summed E-state index contributed by atoms with van der Waals surface area (Å²) in [6.07, 6.45) is 6.77. The van der Waals surface area contributed by atoms with Crippen molar-refractivity contribution < 1.29 is 9.50 Å². The van der Waals surface area contributed by atoms with Crippen LogP contribution < -0.4 is 10.6 Å². The van der Waals surface area contributed by atoms with Gasteiger partial charge < -0.3 is 10.4 Å². The maximum absolute atomic E-state index is 14.3. The van der Waals surface area contributed by atoms with Crippen LogP contribution in [-0.4, -0.2) is 12.2 Å². The van der Waals surface area contributed by atoms with Crippen LogP contribution in [0.25, 0.3) is 0 Å². The number of unbranched alkanes of at least 4 members (excludes halogenated alkanes) is 2. The second-order valence-electron chi connectivity index (χ2n) is 10.8. The average molecular weight is 556 g/mol. The molecule has 210 valence electrons. The van der Waals surface area contributed by atoms with Gasteiger partial charge in [-0.05, 0) is 71.6 Å². The summed E-state index contributed by atoms with van der Waals surface area (Å²) in [6.45, 7) is 5.10. The third-order valence-electron chi connectivity index (χ3n) is 7.87. The Morgan fingerprint density at radius 1 is 0.775 bits per heavy atom. The van der Waals surface area contributed by atoms with Gasteiger partial charge in [0.05, 0.1) is 0 Å². The van der Waals surface area contributed by atoms with Crippen molar-refractivity contribution in [1.82, 2.24) is 5.32 Å². The Labute approximate surface area is 241 Å². The first kappa shape index (κ1) is 30.0. The molecule has 4 aromatic rings. The van der Waals surface area contributed by atoms with E-state index in [4.69, 9.17) is 0 Å². The zero-order valence-corrected chi connectivity index (χ0v) is 25.1. The van der Waals surface area contributed by atoms with Crippen LogP contribution in [-0.2, 0) is 24.5 Å². The Hall–Kier alpha value is -3.00. The maximum Gasteiger partial charge on any atom is 0.123 e. The molecule has 0 saturated carbocycles. The van der Waals surface area contributed by atoms with Gasteiger partial charge >= 0.3 is 0 Å². The highest BCUT2D eigenvalue weighted by atomic mass is 31.1. The fourth-order valence-electron chi connectivity index (χ4n) is 5.69. The Morgan fingerprint density at radius 2 is 1.45 bits per heavy atom. The summed E-state index contributed by atoms with van der Waals surface area (Å²) >= 11 is 0. The van der Waals surface area contributed by atoms with E-state index in [9.17, 15) is 9.50 Å². The molecule has 0 aliphatic heterocycles. The Bertz CT molecular complexity index is 1360. The van der Waals surface area contributed by atoms with Crippen molar-refractivity contribution in [3.05, 3.63) is 130 Å². The van der Waals surface area contributed by atoms with Crippen LogP contribution in [0.3, 0.4) is 0 Å². The van der Waals surface area contributed by atoms with E-state index in [1.165, 1.54) is 22.0 Å². The van der Waals surface area contributed by atoms with E-state index in [0.29, 0.717) is 27.3 Å². The number of phenols is 1. The van der Waals surface area contributed by atoms with Crippen molar-refractivity contribution in [2.45, 2.75) is 70.5 Å². The molecule has 0 radical (unpaired) electrons. The Balaban J connectivity index is 1.86. The molecule has 0 bridgehead atoms. The molecular formula is C36H43FNOP. The lowest BCUT2D eigenvalue weighted by Gasteiger charge is -2.36. The van der Waals surface area contributed by atoms with Gasteiger partial charge in [-0.3, -0.25) is 0 Å². The summed E-state index contributed by atoms with van der Waals surface area (Å²) in [5.74, 6) is 0.216. The molecule has 0 aliphatic carbocycles. The monoisotopic (exact) mass is 555 g/mol. The summed E-state index contributed by atoms with van der Waals surface area (Å²) in [6, 6.07) is 30.6. The zero-order valence-electron chi connectivity index (χ0n) is 24.1. The van der Waals surface area contributed by atoms with Crippen LogP contribution in [0.2, 0.25) is 0 Å². The van der Waals surface area contributed by atoms with E-state index in [1.807, 2.05) is 19.2 Å². The zero-order chi connectivity index (χ0) is 28.4. The molecule has 0 spiro atoms. The number of phenolic OH excluding ortho intramolecular Hbond substituents is 1. The number of hydrogen-bond donors (Lipinski definition) is 2. The van der Waals surface area contributed by atoms with Crippen molar-refractivity contribution in [3.8, 4) is 5.75 Å². The molecule has 4 aromatic carbocycles. The highest BCUT2D eigenvalue weighted by Crippen LogP contribution is 2.52. The van der Waals surface area contributed by atoms with Crippen LogP contribution in [0.5, 0.6) is 5.75 Å². The molecule has 0 amide bonds. The normalized spacial score (nSPS) is 13.1. The lowest BCUT2D eigenvalue weighted by atomic mass is 9.85. The van der Waals surface area contributed by atoms with E-state index in [1.54, 1.807) is 12.1 Å². The molecule has 2 atom stereocenters. The first-order chi connectivity index (χ1) is 19.5. The molecule has 0 aliphatic rings. The van der Waals surface area contributed by atoms with Crippen molar-refractivity contribution in [2.75, 3.05) is 7.05 Å². The largest absolute Gasteiger partial charge is 0.507 e. The summed E-state index contributed by atoms with van der Waals surface area (Å²) in [5, 5.41) is 16.1. The van der Waals surface area contributed by atoms with Gasteiger partial charge in [-0.15, -0.1) is 0 Å². The molecule has 4 heteroatoms. The number of hydrogen-bond acceptors (Lipinski definition) is 2. The first-order valence-corrected chi connectivity index (χ1v) is 15.6. The smallest absolute Gasteiger partial charge is 0.123 e. The van der Waals surface area contributed by atoms with Gasteiger partial charge in [0.1, 0.15) is 11.6 Å². The van der Waals surface area contributed by atoms with Crippen LogP contribution in [0, 0.1) is 5.82 Å². The number of aromatic hydroxyl groups is 1. The van der Waals surface area contributed by atoms with Crippen molar-refractivity contribution in [2.24, 2.45) is 0 Å². The van der Waals surface area contributed by atoms with Gasteiger partial charge in [0, 0.05) is 23.7 Å². The molecule has 0 saturated heterocycles. The minimum Gasteiger partial charge on any atom is -0.507 e. The Kier molecular flexibility index (Phi) is 10.9. The fraction of sp³-hybridized carbons (Fsp3) is 0.333. The Morgan fingerprint density at radius 3 is 2.08 bits per heavy atom. The van der Waals surface area contributed by atoms with Crippen LogP contribution >= 0.6 is 8.58 Å². The third kappa shape index (κ3) is 7.59. The second kappa shape index (κ2) is 14.6. The number of rotatable bonds is 14. The summed E-state index contributed by atoms with van der Waals surface area (Å²) in [5.41, 5.74) is 6.68. The minimum atomic E-state index is -0.238. The quantitative estimate of drug-likeness (QED) is 0.121. The van der Waals surface area contributed by atoms with Crippen molar-refractivity contribution in [1.29, 1.82) is 0 Å². The SMILES string of the molecule is CCCCCC(CC)(Pc1ccc(F)cc1CNC)c1cc(Cc2ccccc2)cc(Cc2ccccc2)c1O. The van der Waals surface area contributed by atoms with Crippen molar-refractivity contribution >= 4 is 13.9 Å². The molecule has 2 nitrogen and oxygen atoms in total. The van der Waals surface area contributed by atoms with Gasteiger partial charge in [0.15, 0.2) is 0 Å². The van der Waals surface area contributed by atoms with Crippen LogP contribution in [0.4, 0.5) is 4.39 Å². The average Bonchev–Trinajstić information content (AvgIpc) is 2.97. The van der Waals surface area contributed by atoms with E-state index in [2.05, 4.69) is 85.9 Å². The molecular weight excluding hydrogens is 512 g/mol. The lowest BCUT2D eigenvalue weighted by Crippen LogP contribution is -2.26. The van der Waals surface area contributed by atoms with Gasteiger partial charge in [-0.25, -0.2) is 4.39 Å². The maximum atomic E-state index is 14.3. The lowest BCUT2D eigenvalue weighted by molar-refractivity contribution is 0.432. The van der Waals surface area contributed by atoms with Gasteiger partial charge in [0.2, 0.25) is 0 Å². The molecule has 40 heavy (non-hydrogen) atoms. The van der Waals surface area contributed by atoms with E-state index < -0.39 is 0 Å². The summed E-state index contributed by atoms with van der Waals surface area (Å²) in [7, 11) is 2.32. The van der Waals surface area contributed by atoms with E-state index in [0.717, 1.165) is 55.2 Å². The fourth-order valence-corrected chi connectivity index (χ4v) is 7.49. The third-order valence-corrected chi connectivity index (χ3v) is 9.98. The predicted molar refractivity (Wildman–Crippen MR) is 170 cm³/mol. The standard InChI is InChI=1S/C36H43FNOP/c1-4-6-13-20-36(5-2,40-34-19-18-32(37)25-31(34)26-38-3)33-24-29(21-27-14-9-7-10-15-27)23-30(35(33)39)22-28-16-11-8-12-17-28/h7-12,14-19,23-25,38-40H,4-6,13,20-22,26H2,1-3H3. The summed E-state index contributed by atoms with van der Waals surface area (Å²) in [4.78, 5) is 0.